The third-order valence-electron chi connectivity index (χ3n) is 1.65. The van der Waals surface area contributed by atoms with E-state index in [4.69, 9.17) is 10.8 Å². The van der Waals surface area contributed by atoms with Gasteiger partial charge in [0.1, 0.15) is 6.04 Å². The van der Waals surface area contributed by atoms with Crippen molar-refractivity contribution >= 4 is 23.7 Å². The van der Waals surface area contributed by atoms with Crippen LogP contribution in [0.3, 0.4) is 0 Å². The SMILES string of the molecule is CSCCC(NC(N)=O)C(=O)NCCO. The molecule has 0 heterocycles. The fourth-order valence-electron chi connectivity index (χ4n) is 0.979. The van der Waals surface area contributed by atoms with E-state index in [9.17, 15) is 9.59 Å². The summed E-state index contributed by atoms with van der Waals surface area (Å²) in [4.78, 5) is 22.1. The Balaban J connectivity index is 4.07. The van der Waals surface area contributed by atoms with Crippen LogP contribution in [0, 0.1) is 0 Å². The Labute approximate surface area is 93.0 Å². The average Bonchev–Trinajstić information content (AvgIpc) is 2.20. The van der Waals surface area contributed by atoms with E-state index in [0.29, 0.717) is 6.42 Å². The molecule has 0 bridgehead atoms. The molecule has 0 spiro atoms. The number of rotatable bonds is 7. The number of nitrogens with one attached hydrogen (secondary N) is 2. The van der Waals surface area contributed by atoms with Crippen molar-refractivity contribution in [3.05, 3.63) is 0 Å². The molecule has 1 atom stereocenters. The molecule has 0 aromatic rings. The number of hydrogen-bond donors (Lipinski definition) is 4. The summed E-state index contributed by atoms with van der Waals surface area (Å²) >= 11 is 1.58. The zero-order valence-corrected chi connectivity index (χ0v) is 9.47. The van der Waals surface area contributed by atoms with Gasteiger partial charge < -0.3 is 21.5 Å². The van der Waals surface area contributed by atoms with Crippen LogP contribution in [0.25, 0.3) is 0 Å². The summed E-state index contributed by atoms with van der Waals surface area (Å²) in [5, 5.41) is 13.4. The minimum atomic E-state index is -0.722. The Morgan fingerprint density at radius 2 is 2.20 bits per heavy atom. The highest BCUT2D eigenvalue weighted by Gasteiger charge is 2.18. The molecule has 0 aromatic carbocycles. The molecule has 0 radical (unpaired) electrons. The molecule has 0 saturated heterocycles. The molecule has 5 N–H and O–H groups in total. The highest BCUT2D eigenvalue weighted by molar-refractivity contribution is 7.98. The minimum Gasteiger partial charge on any atom is -0.395 e. The zero-order valence-electron chi connectivity index (χ0n) is 8.66. The smallest absolute Gasteiger partial charge is 0.312 e. The Morgan fingerprint density at radius 3 is 2.67 bits per heavy atom. The van der Waals surface area contributed by atoms with E-state index in [1.54, 1.807) is 11.8 Å². The number of urea groups is 1. The summed E-state index contributed by atoms with van der Waals surface area (Å²) in [6.45, 7) is 0.0482. The first-order valence-corrected chi connectivity index (χ1v) is 5.94. The molecule has 3 amide bonds. The topological polar surface area (TPSA) is 104 Å². The van der Waals surface area contributed by atoms with E-state index in [2.05, 4.69) is 10.6 Å². The van der Waals surface area contributed by atoms with Gasteiger partial charge >= 0.3 is 6.03 Å². The summed E-state index contributed by atoms with van der Waals surface area (Å²) in [7, 11) is 0. The fraction of sp³-hybridized carbons (Fsp3) is 0.750. The van der Waals surface area contributed by atoms with Crippen LogP contribution in [0.15, 0.2) is 0 Å². The second kappa shape index (κ2) is 8.37. The van der Waals surface area contributed by atoms with Crippen LogP contribution < -0.4 is 16.4 Å². The van der Waals surface area contributed by atoms with Crippen LogP contribution >= 0.6 is 11.8 Å². The van der Waals surface area contributed by atoms with Crippen LogP contribution in [-0.4, -0.2) is 48.2 Å². The number of primary amides is 1. The molecule has 0 aromatic heterocycles. The Morgan fingerprint density at radius 1 is 1.53 bits per heavy atom. The number of hydrogen-bond acceptors (Lipinski definition) is 4. The van der Waals surface area contributed by atoms with Crippen molar-refractivity contribution < 1.29 is 14.7 Å². The Hall–Kier alpha value is -0.950. The Kier molecular flexibility index (Phi) is 7.84. The summed E-state index contributed by atoms with van der Waals surface area (Å²) in [5.41, 5.74) is 4.95. The van der Waals surface area contributed by atoms with E-state index in [1.165, 1.54) is 0 Å². The van der Waals surface area contributed by atoms with E-state index < -0.39 is 12.1 Å². The maximum absolute atomic E-state index is 11.4. The summed E-state index contributed by atoms with van der Waals surface area (Å²) in [5.74, 6) is 0.425. The van der Waals surface area contributed by atoms with Gasteiger partial charge in [0.15, 0.2) is 0 Å². The van der Waals surface area contributed by atoms with E-state index in [-0.39, 0.29) is 19.1 Å². The first-order valence-electron chi connectivity index (χ1n) is 4.55. The Bertz CT molecular complexity index is 213. The highest BCUT2D eigenvalue weighted by atomic mass is 32.2. The van der Waals surface area contributed by atoms with Gasteiger partial charge in [-0.25, -0.2) is 4.79 Å². The third kappa shape index (κ3) is 7.03. The van der Waals surface area contributed by atoms with Gasteiger partial charge in [0, 0.05) is 6.54 Å². The number of aliphatic hydroxyl groups is 1. The molecule has 15 heavy (non-hydrogen) atoms. The van der Waals surface area contributed by atoms with Crippen molar-refractivity contribution in [2.24, 2.45) is 5.73 Å². The summed E-state index contributed by atoms with van der Waals surface area (Å²) < 4.78 is 0. The molecular weight excluding hydrogens is 218 g/mol. The van der Waals surface area contributed by atoms with Crippen molar-refractivity contribution in [1.82, 2.24) is 10.6 Å². The normalized spacial score (nSPS) is 11.9. The first-order chi connectivity index (χ1) is 7.11. The molecule has 0 rings (SSSR count). The van der Waals surface area contributed by atoms with Crippen LogP contribution in [0.2, 0.25) is 0 Å². The molecule has 7 heteroatoms. The second-order valence-corrected chi connectivity index (χ2v) is 3.84. The van der Waals surface area contributed by atoms with Crippen LogP contribution in [0.4, 0.5) is 4.79 Å². The van der Waals surface area contributed by atoms with Crippen molar-refractivity contribution in [3.8, 4) is 0 Å². The number of amides is 3. The second-order valence-electron chi connectivity index (χ2n) is 2.86. The number of nitrogens with two attached hydrogens (primary N) is 1. The highest BCUT2D eigenvalue weighted by Crippen LogP contribution is 2.00. The molecule has 0 fully saturated rings. The predicted molar refractivity (Wildman–Crippen MR) is 59.6 cm³/mol. The van der Waals surface area contributed by atoms with Crippen LogP contribution in [0.5, 0.6) is 0 Å². The zero-order chi connectivity index (χ0) is 11.7. The van der Waals surface area contributed by atoms with Gasteiger partial charge in [-0.05, 0) is 18.4 Å². The molecule has 0 saturated carbocycles. The molecule has 88 valence electrons. The monoisotopic (exact) mass is 235 g/mol. The fourth-order valence-corrected chi connectivity index (χ4v) is 1.45. The average molecular weight is 235 g/mol. The van der Waals surface area contributed by atoms with Crippen molar-refractivity contribution in [2.75, 3.05) is 25.2 Å². The first kappa shape index (κ1) is 14.1. The molecule has 0 aliphatic rings. The van der Waals surface area contributed by atoms with Crippen molar-refractivity contribution in [3.63, 3.8) is 0 Å². The predicted octanol–water partition coefficient (Wildman–Crippen LogP) is -1.12. The van der Waals surface area contributed by atoms with Gasteiger partial charge in [0.2, 0.25) is 5.91 Å². The van der Waals surface area contributed by atoms with E-state index >= 15 is 0 Å². The molecule has 6 nitrogen and oxygen atoms in total. The molecule has 1 unspecified atom stereocenters. The number of carbonyl (C=O) groups is 2. The lowest BCUT2D eigenvalue weighted by Crippen LogP contribution is -2.49. The molecular formula is C8H17N3O3S. The molecule has 0 aliphatic heterocycles. The minimum absolute atomic E-state index is 0.127. The standard InChI is InChI=1S/C8H17N3O3S/c1-15-5-2-6(11-8(9)14)7(13)10-3-4-12/h6,12H,2-5H2,1H3,(H,10,13)(H3,9,11,14). The van der Waals surface area contributed by atoms with Gasteiger partial charge in [-0.15, -0.1) is 0 Å². The maximum atomic E-state index is 11.4. The van der Waals surface area contributed by atoms with Gasteiger partial charge in [-0.2, -0.15) is 11.8 Å². The largest absolute Gasteiger partial charge is 0.395 e. The van der Waals surface area contributed by atoms with E-state index in [1.807, 2.05) is 6.26 Å². The lowest BCUT2D eigenvalue weighted by molar-refractivity contribution is -0.123. The lowest BCUT2D eigenvalue weighted by atomic mass is 10.2. The maximum Gasteiger partial charge on any atom is 0.312 e. The van der Waals surface area contributed by atoms with Crippen LogP contribution in [-0.2, 0) is 4.79 Å². The van der Waals surface area contributed by atoms with E-state index in [0.717, 1.165) is 5.75 Å². The lowest BCUT2D eigenvalue weighted by Gasteiger charge is -2.16. The van der Waals surface area contributed by atoms with Gasteiger partial charge in [-0.3, -0.25) is 4.79 Å². The van der Waals surface area contributed by atoms with Gasteiger partial charge in [0.25, 0.3) is 0 Å². The summed E-state index contributed by atoms with van der Waals surface area (Å²) in [6.07, 6.45) is 2.42. The van der Waals surface area contributed by atoms with Crippen LogP contribution in [0.1, 0.15) is 6.42 Å². The van der Waals surface area contributed by atoms with Gasteiger partial charge in [0.05, 0.1) is 6.61 Å². The molecule has 0 aliphatic carbocycles. The number of aliphatic hydroxyl groups excluding tert-OH is 1. The number of carbonyl (C=O) groups excluding carboxylic acids is 2. The number of thioether (sulfide) groups is 1. The quantitative estimate of drug-likeness (QED) is 0.449. The summed E-state index contributed by atoms with van der Waals surface area (Å²) in [6, 6.07) is -1.35. The van der Waals surface area contributed by atoms with Gasteiger partial charge in [-0.1, -0.05) is 0 Å². The third-order valence-corrected chi connectivity index (χ3v) is 2.30. The van der Waals surface area contributed by atoms with Crippen molar-refractivity contribution in [1.29, 1.82) is 0 Å². The van der Waals surface area contributed by atoms with Crippen molar-refractivity contribution in [2.45, 2.75) is 12.5 Å².